The zero-order chi connectivity index (χ0) is 16.8. The Kier molecular flexibility index (Phi) is 5.53. The molecule has 0 atom stereocenters. The van der Waals surface area contributed by atoms with Crippen molar-refractivity contribution < 1.29 is 19.6 Å². The van der Waals surface area contributed by atoms with E-state index in [4.69, 9.17) is 14.7 Å². The van der Waals surface area contributed by atoms with E-state index in [0.717, 1.165) is 0 Å². The summed E-state index contributed by atoms with van der Waals surface area (Å²) < 4.78 is 11.6. The molecule has 2 aromatic rings. The van der Waals surface area contributed by atoms with Crippen molar-refractivity contribution in [1.29, 1.82) is 0 Å². The molecule has 1 N–H and O–H groups in total. The third-order valence-corrected chi connectivity index (χ3v) is 3.55. The fourth-order valence-corrected chi connectivity index (χ4v) is 2.51. The quantitative estimate of drug-likeness (QED) is 0.356. The van der Waals surface area contributed by atoms with Crippen LogP contribution in [0, 0.1) is 10.1 Å². The largest absolute Gasteiger partial charge is 0.493 e. The van der Waals surface area contributed by atoms with Crippen LogP contribution in [0.1, 0.15) is 11.1 Å². The monoisotopic (exact) mass is 380 g/mol. The van der Waals surface area contributed by atoms with Crippen LogP contribution in [-0.2, 0) is 6.61 Å². The van der Waals surface area contributed by atoms with Crippen molar-refractivity contribution in [2.45, 2.75) is 6.61 Å². The molecule has 2 aromatic carbocycles. The lowest BCUT2D eigenvalue weighted by molar-refractivity contribution is -0.384. The molecule has 0 aliphatic heterocycles. The highest BCUT2D eigenvalue weighted by atomic mass is 79.9. The van der Waals surface area contributed by atoms with E-state index in [0.29, 0.717) is 27.1 Å². The lowest BCUT2D eigenvalue weighted by atomic mass is 10.2. The molecule has 0 aromatic heterocycles. The number of hydrogen-bond acceptors (Lipinski definition) is 6. The van der Waals surface area contributed by atoms with Gasteiger partial charge in [0.05, 0.1) is 22.7 Å². The van der Waals surface area contributed by atoms with Crippen LogP contribution >= 0.6 is 15.9 Å². The second-order valence-electron chi connectivity index (χ2n) is 4.49. The van der Waals surface area contributed by atoms with E-state index in [1.54, 1.807) is 24.3 Å². The Bertz CT molecular complexity index is 749. The number of nitro groups is 1. The molecule has 8 heteroatoms. The van der Waals surface area contributed by atoms with Gasteiger partial charge in [0.15, 0.2) is 11.5 Å². The maximum Gasteiger partial charge on any atom is 0.269 e. The van der Waals surface area contributed by atoms with Gasteiger partial charge in [0.1, 0.15) is 6.61 Å². The zero-order valence-corrected chi connectivity index (χ0v) is 13.7. The van der Waals surface area contributed by atoms with Crippen molar-refractivity contribution in [1.82, 2.24) is 0 Å². The summed E-state index contributed by atoms with van der Waals surface area (Å²) in [5.41, 5.74) is 1.29. The molecule has 7 nitrogen and oxygen atoms in total. The normalized spacial score (nSPS) is 10.7. The highest BCUT2D eigenvalue weighted by Crippen LogP contribution is 2.37. The molecule has 23 heavy (non-hydrogen) atoms. The van der Waals surface area contributed by atoms with Gasteiger partial charge < -0.3 is 14.7 Å². The Balaban J connectivity index is 2.23. The first-order valence-electron chi connectivity index (χ1n) is 6.46. The average Bonchev–Trinajstić information content (AvgIpc) is 2.54. The molecule has 0 aliphatic rings. The zero-order valence-electron chi connectivity index (χ0n) is 12.1. The predicted octanol–water partition coefficient (Wildman–Crippen LogP) is 3.75. The summed E-state index contributed by atoms with van der Waals surface area (Å²) in [4.78, 5) is 10.3. The minimum Gasteiger partial charge on any atom is -0.493 e. The van der Waals surface area contributed by atoms with Gasteiger partial charge in [0.25, 0.3) is 5.69 Å². The minimum absolute atomic E-state index is 0.00614. The van der Waals surface area contributed by atoms with E-state index in [-0.39, 0.29) is 12.3 Å². The highest BCUT2D eigenvalue weighted by molar-refractivity contribution is 9.10. The molecule has 120 valence electrons. The molecule has 0 saturated carbocycles. The molecule has 0 radical (unpaired) electrons. The topological polar surface area (TPSA) is 94.2 Å². The van der Waals surface area contributed by atoms with Gasteiger partial charge in [-0.15, -0.1) is 0 Å². The molecule has 0 saturated heterocycles. The van der Waals surface area contributed by atoms with Gasteiger partial charge in [-0.3, -0.25) is 10.1 Å². The second-order valence-corrected chi connectivity index (χ2v) is 5.35. The smallest absolute Gasteiger partial charge is 0.269 e. The highest BCUT2D eigenvalue weighted by Gasteiger charge is 2.12. The Morgan fingerprint density at radius 3 is 2.83 bits per heavy atom. The lowest BCUT2D eigenvalue weighted by Gasteiger charge is -2.13. The van der Waals surface area contributed by atoms with Crippen molar-refractivity contribution in [3.63, 3.8) is 0 Å². The van der Waals surface area contributed by atoms with E-state index in [1.165, 1.54) is 25.5 Å². The molecule has 0 bridgehead atoms. The Labute approximate surface area is 140 Å². The number of methoxy groups -OCH3 is 1. The summed E-state index contributed by atoms with van der Waals surface area (Å²) in [6.07, 6.45) is 1.26. The maximum absolute atomic E-state index is 10.8. The van der Waals surface area contributed by atoms with Crippen molar-refractivity contribution in [2.24, 2.45) is 5.16 Å². The van der Waals surface area contributed by atoms with Crippen molar-refractivity contribution in [3.8, 4) is 11.5 Å². The van der Waals surface area contributed by atoms with Crippen LogP contribution in [0.15, 0.2) is 46.0 Å². The van der Waals surface area contributed by atoms with Gasteiger partial charge in [-0.2, -0.15) is 0 Å². The molecular formula is C15H13BrN2O5. The number of non-ortho nitro benzene ring substituents is 1. The third kappa shape index (κ3) is 4.19. The van der Waals surface area contributed by atoms with Crippen LogP contribution in [0.25, 0.3) is 0 Å². The van der Waals surface area contributed by atoms with Crippen LogP contribution < -0.4 is 9.47 Å². The van der Waals surface area contributed by atoms with E-state index >= 15 is 0 Å². The van der Waals surface area contributed by atoms with Crippen LogP contribution in [0.4, 0.5) is 5.69 Å². The summed E-state index contributed by atoms with van der Waals surface area (Å²) in [6.45, 7) is 0.143. The number of nitrogens with zero attached hydrogens (tertiary/aromatic N) is 2. The molecule has 0 fully saturated rings. The van der Waals surface area contributed by atoms with Crippen LogP contribution in [0.2, 0.25) is 0 Å². The van der Waals surface area contributed by atoms with Gasteiger partial charge in [-0.25, -0.2) is 0 Å². The summed E-state index contributed by atoms with van der Waals surface area (Å²) in [5, 5.41) is 22.3. The Morgan fingerprint density at radius 1 is 1.39 bits per heavy atom. The Morgan fingerprint density at radius 2 is 2.17 bits per heavy atom. The maximum atomic E-state index is 10.8. The van der Waals surface area contributed by atoms with Gasteiger partial charge in [0.2, 0.25) is 0 Å². The molecule has 0 amide bonds. The number of nitro benzene ring substituents is 1. The minimum atomic E-state index is -0.455. The Hall–Kier alpha value is -2.61. The number of rotatable bonds is 6. The molecule has 0 aliphatic carbocycles. The summed E-state index contributed by atoms with van der Waals surface area (Å²) in [5.74, 6) is 0.897. The lowest BCUT2D eigenvalue weighted by Crippen LogP contribution is -2.00. The third-order valence-electron chi connectivity index (χ3n) is 2.96. The standard InChI is InChI=1S/C15H13BrN2O5/c1-22-14-7-11(8-17-19)6-13(16)15(14)23-9-10-3-2-4-12(5-10)18(20)21/h2-8,19H,9H2,1H3. The molecular weight excluding hydrogens is 368 g/mol. The number of hydrogen-bond donors (Lipinski definition) is 1. The molecule has 0 heterocycles. The van der Waals surface area contributed by atoms with Gasteiger partial charge in [-0.05, 0) is 33.6 Å². The van der Waals surface area contributed by atoms with Crippen LogP contribution in [0.5, 0.6) is 11.5 Å². The predicted molar refractivity (Wildman–Crippen MR) is 87.5 cm³/mol. The van der Waals surface area contributed by atoms with Gasteiger partial charge >= 0.3 is 0 Å². The fraction of sp³-hybridized carbons (Fsp3) is 0.133. The van der Waals surface area contributed by atoms with E-state index in [1.807, 2.05) is 0 Å². The fourth-order valence-electron chi connectivity index (χ4n) is 1.94. The summed E-state index contributed by atoms with van der Waals surface area (Å²) in [6, 6.07) is 9.55. The average molecular weight is 381 g/mol. The first-order chi connectivity index (χ1) is 11.0. The summed E-state index contributed by atoms with van der Waals surface area (Å²) in [7, 11) is 1.49. The van der Waals surface area contributed by atoms with Crippen LogP contribution in [-0.4, -0.2) is 23.5 Å². The number of benzene rings is 2. The molecule has 0 spiro atoms. The number of halogens is 1. The SMILES string of the molecule is COc1cc(C=NO)cc(Br)c1OCc1cccc([N+](=O)[O-])c1. The second kappa shape index (κ2) is 7.59. The van der Waals surface area contributed by atoms with Crippen LogP contribution in [0.3, 0.4) is 0 Å². The number of oxime groups is 1. The van der Waals surface area contributed by atoms with E-state index in [2.05, 4.69) is 21.1 Å². The summed E-state index contributed by atoms with van der Waals surface area (Å²) >= 11 is 3.36. The van der Waals surface area contributed by atoms with Crippen molar-refractivity contribution in [2.75, 3.05) is 7.11 Å². The van der Waals surface area contributed by atoms with Gasteiger partial charge in [-0.1, -0.05) is 17.3 Å². The number of ether oxygens (including phenoxy) is 2. The van der Waals surface area contributed by atoms with E-state index in [9.17, 15) is 10.1 Å². The van der Waals surface area contributed by atoms with Gasteiger partial charge in [0, 0.05) is 17.7 Å². The molecule has 2 rings (SSSR count). The van der Waals surface area contributed by atoms with E-state index < -0.39 is 4.92 Å². The van der Waals surface area contributed by atoms with Crippen molar-refractivity contribution in [3.05, 3.63) is 62.1 Å². The first-order valence-corrected chi connectivity index (χ1v) is 7.25. The molecule has 0 unspecified atom stereocenters. The first kappa shape index (κ1) is 16.8. The van der Waals surface area contributed by atoms with Crippen molar-refractivity contribution >= 4 is 27.8 Å².